The van der Waals surface area contributed by atoms with Crippen LogP contribution in [0.3, 0.4) is 0 Å². The van der Waals surface area contributed by atoms with Gasteiger partial charge in [0.1, 0.15) is 7.28 Å². The van der Waals surface area contributed by atoms with E-state index in [1.807, 2.05) is 0 Å². The largest absolute Gasteiger partial charge is 0.119 e. The molecule has 0 nitrogen and oxygen atoms in total. The Labute approximate surface area is 85.9 Å². The molecule has 0 amide bonds. The molecule has 0 aliphatic carbocycles. The standard InChI is InChI=1S/C11H21BP/c1-5-10(2)6-7-11(3)12-8-9-13-4/h6,9,11H,5,7-8H2,1-4H3/b10-6-. The molecular weight excluding hydrogens is 174 g/mol. The minimum atomic E-state index is 0.722. The summed E-state index contributed by atoms with van der Waals surface area (Å²) in [5.41, 5.74) is 1.51. The zero-order valence-electron chi connectivity index (χ0n) is 9.38. The van der Waals surface area contributed by atoms with Gasteiger partial charge >= 0.3 is 0 Å². The SMILES string of the molecule is CC/C(C)=C\CC(C)[B]CC=PC. The van der Waals surface area contributed by atoms with Gasteiger partial charge in [-0.1, -0.05) is 43.4 Å². The summed E-state index contributed by atoms with van der Waals surface area (Å²) >= 11 is 0. The van der Waals surface area contributed by atoms with Crippen LogP contribution in [0.1, 0.15) is 33.6 Å². The van der Waals surface area contributed by atoms with E-state index >= 15 is 0 Å². The highest BCUT2D eigenvalue weighted by molar-refractivity contribution is 7.37. The summed E-state index contributed by atoms with van der Waals surface area (Å²) < 4.78 is 0. The first-order valence-electron chi connectivity index (χ1n) is 5.10. The molecule has 0 saturated heterocycles. The summed E-state index contributed by atoms with van der Waals surface area (Å²) in [4.78, 5) is 0. The van der Waals surface area contributed by atoms with Crippen molar-refractivity contribution in [2.24, 2.45) is 0 Å². The van der Waals surface area contributed by atoms with E-state index in [2.05, 4.69) is 46.6 Å². The van der Waals surface area contributed by atoms with Crippen LogP contribution in [0.25, 0.3) is 0 Å². The van der Waals surface area contributed by atoms with Gasteiger partial charge in [-0.15, -0.1) is 8.20 Å². The van der Waals surface area contributed by atoms with Crippen molar-refractivity contribution in [1.82, 2.24) is 0 Å². The third kappa shape index (κ3) is 8.31. The lowest BCUT2D eigenvalue weighted by Gasteiger charge is -2.05. The van der Waals surface area contributed by atoms with Crippen molar-refractivity contribution >= 4 is 21.3 Å². The molecule has 0 saturated carbocycles. The van der Waals surface area contributed by atoms with Crippen molar-refractivity contribution in [3.63, 3.8) is 0 Å². The molecule has 73 valence electrons. The van der Waals surface area contributed by atoms with Gasteiger partial charge in [0.2, 0.25) is 0 Å². The third-order valence-corrected chi connectivity index (χ3v) is 2.80. The molecule has 0 aromatic rings. The molecule has 1 unspecified atom stereocenters. The number of hydrogen-bond acceptors (Lipinski definition) is 0. The maximum Gasteiger partial charge on any atom is 0.119 e. The Morgan fingerprint density at radius 1 is 1.54 bits per heavy atom. The lowest BCUT2D eigenvalue weighted by molar-refractivity contribution is 0.917. The molecule has 0 heterocycles. The van der Waals surface area contributed by atoms with Gasteiger partial charge in [0.15, 0.2) is 0 Å². The van der Waals surface area contributed by atoms with Crippen molar-refractivity contribution in [1.29, 1.82) is 0 Å². The van der Waals surface area contributed by atoms with Gasteiger partial charge in [0.25, 0.3) is 0 Å². The van der Waals surface area contributed by atoms with Crippen LogP contribution < -0.4 is 0 Å². The predicted molar refractivity (Wildman–Crippen MR) is 67.6 cm³/mol. The number of rotatable bonds is 6. The van der Waals surface area contributed by atoms with Gasteiger partial charge < -0.3 is 0 Å². The summed E-state index contributed by atoms with van der Waals surface area (Å²) in [6.45, 7) is 8.88. The molecule has 1 radical (unpaired) electrons. The lowest BCUT2D eigenvalue weighted by Crippen LogP contribution is -1.98. The molecule has 0 aliphatic heterocycles. The molecule has 1 atom stereocenters. The summed E-state index contributed by atoms with van der Waals surface area (Å²) in [5.74, 6) is 3.02. The van der Waals surface area contributed by atoms with E-state index in [0.717, 1.165) is 12.1 Å². The average Bonchev–Trinajstić information content (AvgIpc) is 2.14. The molecule has 0 aromatic carbocycles. The van der Waals surface area contributed by atoms with Crippen molar-refractivity contribution in [3.05, 3.63) is 11.6 Å². The molecule has 0 rings (SSSR count). The molecule has 0 aliphatic rings. The fourth-order valence-electron chi connectivity index (χ4n) is 1.03. The Morgan fingerprint density at radius 2 is 2.23 bits per heavy atom. The zero-order chi connectivity index (χ0) is 10.1. The molecular formula is C11H21BP. The maximum absolute atomic E-state index is 2.40. The Morgan fingerprint density at radius 3 is 2.77 bits per heavy atom. The fourth-order valence-corrected chi connectivity index (χ4v) is 1.36. The quantitative estimate of drug-likeness (QED) is 0.340. The van der Waals surface area contributed by atoms with Crippen LogP contribution in [0.2, 0.25) is 12.1 Å². The highest BCUT2D eigenvalue weighted by atomic mass is 31.1. The fraction of sp³-hybridized carbons (Fsp3) is 0.727. The van der Waals surface area contributed by atoms with E-state index in [9.17, 15) is 0 Å². The van der Waals surface area contributed by atoms with Crippen LogP contribution in [0.5, 0.6) is 0 Å². The van der Waals surface area contributed by atoms with Crippen molar-refractivity contribution in [2.45, 2.75) is 45.8 Å². The van der Waals surface area contributed by atoms with Crippen LogP contribution in [0.15, 0.2) is 11.6 Å². The second-order valence-electron chi connectivity index (χ2n) is 3.53. The Kier molecular flexibility index (Phi) is 8.55. The van der Waals surface area contributed by atoms with Gasteiger partial charge in [-0.3, -0.25) is 0 Å². The van der Waals surface area contributed by atoms with Crippen LogP contribution in [-0.4, -0.2) is 19.7 Å². The van der Waals surface area contributed by atoms with Gasteiger partial charge in [-0.2, -0.15) is 0 Å². The second-order valence-corrected chi connectivity index (χ2v) is 4.41. The van der Waals surface area contributed by atoms with Crippen molar-refractivity contribution < 1.29 is 0 Å². The van der Waals surface area contributed by atoms with Crippen LogP contribution >= 0.6 is 8.20 Å². The Hall–Kier alpha value is -0.0251. The predicted octanol–water partition coefficient (Wildman–Crippen LogP) is 4.04. The minimum absolute atomic E-state index is 0.722. The molecule has 0 fully saturated rings. The van der Waals surface area contributed by atoms with Gasteiger partial charge in [0, 0.05) is 0 Å². The highest BCUT2D eigenvalue weighted by Gasteiger charge is 1.99. The molecule has 0 N–H and O–H groups in total. The molecule has 0 aromatic heterocycles. The van der Waals surface area contributed by atoms with Gasteiger partial charge in [0.05, 0.1) is 0 Å². The van der Waals surface area contributed by atoms with E-state index in [1.165, 1.54) is 26.6 Å². The normalized spacial score (nSPS) is 14.9. The minimum Gasteiger partial charge on any atom is -0.113 e. The van der Waals surface area contributed by atoms with E-state index < -0.39 is 0 Å². The van der Waals surface area contributed by atoms with Gasteiger partial charge in [-0.25, -0.2) is 0 Å². The van der Waals surface area contributed by atoms with Gasteiger partial charge in [-0.05, 0) is 26.4 Å². The van der Waals surface area contributed by atoms with E-state index in [-0.39, 0.29) is 0 Å². The first-order chi connectivity index (χ1) is 6.20. The molecule has 2 heteroatoms. The highest BCUT2D eigenvalue weighted by Crippen LogP contribution is 2.12. The Balaban J connectivity index is 3.56. The topological polar surface area (TPSA) is 0 Å². The number of allylic oxidation sites excluding steroid dienone is 2. The van der Waals surface area contributed by atoms with Crippen LogP contribution in [-0.2, 0) is 0 Å². The number of hydrogen-bond donors (Lipinski definition) is 0. The van der Waals surface area contributed by atoms with Crippen molar-refractivity contribution in [3.8, 4) is 0 Å². The van der Waals surface area contributed by atoms with E-state index in [1.54, 1.807) is 0 Å². The van der Waals surface area contributed by atoms with Crippen LogP contribution in [0.4, 0.5) is 0 Å². The maximum atomic E-state index is 2.40. The summed E-state index contributed by atoms with van der Waals surface area (Å²) in [7, 11) is 3.79. The summed E-state index contributed by atoms with van der Waals surface area (Å²) in [5, 5.41) is 0. The lowest BCUT2D eigenvalue weighted by atomic mass is 9.62. The average molecular weight is 195 g/mol. The second kappa shape index (κ2) is 8.57. The summed E-state index contributed by atoms with van der Waals surface area (Å²) in [6.07, 6.45) is 5.91. The first kappa shape index (κ1) is 13.0. The zero-order valence-corrected chi connectivity index (χ0v) is 10.3. The molecule has 0 spiro atoms. The molecule has 0 bridgehead atoms. The summed E-state index contributed by atoms with van der Waals surface area (Å²) in [6, 6.07) is 0. The van der Waals surface area contributed by atoms with Crippen molar-refractivity contribution in [2.75, 3.05) is 6.66 Å². The van der Waals surface area contributed by atoms with Crippen LogP contribution in [0, 0.1) is 0 Å². The third-order valence-electron chi connectivity index (χ3n) is 2.22. The van der Waals surface area contributed by atoms with E-state index in [0.29, 0.717) is 0 Å². The monoisotopic (exact) mass is 195 g/mol. The first-order valence-corrected chi connectivity index (χ1v) is 6.51. The molecule has 13 heavy (non-hydrogen) atoms. The Bertz CT molecular complexity index is 173. The van der Waals surface area contributed by atoms with E-state index in [4.69, 9.17) is 0 Å². The smallest absolute Gasteiger partial charge is 0.113 e.